The van der Waals surface area contributed by atoms with Crippen LogP contribution in [-0.2, 0) is 23.1 Å². The van der Waals surface area contributed by atoms with E-state index in [2.05, 4.69) is 15.4 Å². The minimum atomic E-state index is -0.852. The van der Waals surface area contributed by atoms with E-state index in [9.17, 15) is 9.59 Å². The number of ether oxygens (including phenoxy) is 1. The normalized spacial score (nSPS) is 12.3. The molecule has 2 aromatic heterocycles. The summed E-state index contributed by atoms with van der Waals surface area (Å²) in [6.07, 6.45) is 6.03. The molecule has 0 saturated heterocycles. The fourth-order valence-corrected chi connectivity index (χ4v) is 2.36. The largest absolute Gasteiger partial charge is 0.444 e. The van der Waals surface area contributed by atoms with Gasteiger partial charge in [0.05, 0.1) is 6.20 Å². The molecule has 1 atom stereocenters. The van der Waals surface area contributed by atoms with Gasteiger partial charge in [0.2, 0.25) is 5.91 Å². The van der Waals surface area contributed by atoms with Gasteiger partial charge in [-0.05, 0) is 32.4 Å². The van der Waals surface area contributed by atoms with E-state index in [0.717, 1.165) is 5.56 Å². The van der Waals surface area contributed by atoms with Gasteiger partial charge in [0.15, 0.2) is 0 Å². The summed E-state index contributed by atoms with van der Waals surface area (Å²) in [7, 11) is 3.29. The summed E-state index contributed by atoms with van der Waals surface area (Å²) >= 11 is 0. The number of hydrogen-bond acceptors (Lipinski definition) is 5. The quantitative estimate of drug-likeness (QED) is 0.882. The second-order valence-electron chi connectivity index (χ2n) is 7.02. The fraction of sp³-hybridized carbons (Fsp3) is 0.444. The van der Waals surface area contributed by atoms with Gasteiger partial charge >= 0.3 is 6.09 Å². The highest BCUT2D eigenvalue weighted by Gasteiger charge is 2.32. The Morgan fingerprint density at radius 1 is 1.35 bits per heavy atom. The molecule has 140 valence electrons. The standard InChI is InChI=1S/C18H25N5O3/c1-18(2,3)26-17(25)23(5)15(14-11-21-22(4)12-14)16(24)20-10-13-7-6-8-19-9-13/h6-9,11-12,15H,10H2,1-5H3,(H,20,24)/t15-/m0/s1. The lowest BCUT2D eigenvalue weighted by molar-refractivity contribution is -0.126. The Morgan fingerprint density at radius 2 is 2.08 bits per heavy atom. The lowest BCUT2D eigenvalue weighted by Crippen LogP contribution is -2.43. The van der Waals surface area contributed by atoms with Crippen LogP contribution in [0.5, 0.6) is 0 Å². The van der Waals surface area contributed by atoms with Crippen molar-refractivity contribution in [3.8, 4) is 0 Å². The van der Waals surface area contributed by atoms with Crippen LogP contribution in [0.3, 0.4) is 0 Å². The van der Waals surface area contributed by atoms with Crippen LogP contribution in [0.4, 0.5) is 4.79 Å². The smallest absolute Gasteiger partial charge is 0.410 e. The van der Waals surface area contributed by atoms with Crippen molar-refractivity contribution < 1.29 is 14.3 Å². The summed E-state index contributed by atoms with van der Waals surface area (Å²) in [6.45, 7) is 5.65. The van der Waals surface area contributed by atoms with E-state index >= 15 is 0 Å². The molecule has 8 nitrogen and oxygen atoms in total. The average Bonchev–Trinajstić information content (AvgIpc) is 2.98. The van der Waals surface area contributed by atoms with Crippen molar-refractivity contribution in [3.05, 3.63) is 48.0 Å². The van der Waals surface area contributed by atoms with E-state index in [1.54, 1.807) is 63.4 Å². The molecule has 0 aliphatic heterocycles. The van der Waals surface area contributed by atoms with E-state index in [4.69, 9.17) is 4.74 Å². The second kappa shape index (κ2) is 7.99. The minimum Gasteiger partial charge on any atom is -0.444 e. The monoisotopic (exact) mass is 359 g/mol. The Hall–Kier alpha value is -2.90. The number of aryl methyl sites for hydroxylation is 1. The van der Waals surface area contributed by atoms with Crippen LogP contribution in [0.2, 0.25) is 0 Å². The first-order chi connectivity index (χ1) is 12.2. The maximum absolute atomic E-state index is 12.8. The molecule has 0 fully saturated rings. The molecule has 2 heterocycles. The second-order valence-corrected chi connectivity index (χ2v) is 7.02. The summed E-state index contributed by atoms with van der Waals surface area (Å²) in [5, 5.41) is 6.94. The van der Waals surface area contributed by atoms with Gasteiger partial charge in [-0.25, -0.2) is 4.79 Å². The van der Waals surface area contributed by atoms with Gasteiger partial charge in [0.25, 0.3) is 0 Å². The molecule has 2 amide bonds. The Bertz CT molecular complexity index is 752. The molecule has 0 bridgehead atoms. The molecule has 2 aromatic rings. The van der Waals surface area contributed by atoms with Crippen molar-refractivity contribution >= 4 is 12.0 Å². The molecule has 2 rings (SSSR count). The van der Waals surface area contributed by atoms with Crippen molar-refractivity contribution in [1.82, 2.24) is 25.0 Å². The molecule has 26 heavy (non-hydrogen) atoms. The number of likely N-dealkylation sites (N-methyl/N-ethyl adjacent to an activating group) is 1. The van der Waals surface area contributed by atoms with E-state index < -0.39 is 17.7 Å². The van der Waals surface area contributed by atoms with Crippen LogP contribution in [0.1, 0.15) is 37.9 Å². The molecule has 0 saturated carbocycles. The molecule has 0 spiro atoms. The first-order valence-electron chi connectivity index (χ1n) is 8.28. The summed E-state index contributed by atoms with van der Waals surface area (Å²) in [5.41, 5.74) is 0.812. The van der Waals surface area contributed by atoms with Crippen LogP contribution in [-0.4, -0.2) is 44.3 Å². The number of amides is 2. The van der Waals surface area contributed by atoms with E-state index in [-0.39, 0.29) is 5.91 Å². The zero-order valence-electron chi connectivity index (χ0n) is 15.8. The van der Waals surface area contributed by atoms with Gasteiger partial charge < -0.3 is 10.1 Å². The summed E-state index contributed by atoms with van der Waals surface area (Å²) < 4.78 is 6.97. The summed E-state index contributed by atoms with van der Waals surface area (Å²) in [6, 6.07) is 2.81. The van der Waals surface area contributed by atoms with Crippen LogP contribution in [0, 0.1) is 0 Å². The minimum absolute atomic E-state index is 0.311. The molecule has 8 heteroatoms. The molecule has 0 radical (unpaired) electrons. The molecule has 0 aromatic carbocycles. The number of rotatable bonds is 5. The van der Waals surface area contributed by atoms with Crippen molar-refractivity contribution in [2.24, 2.45) is 7.05 Å². The molecule has 1 N–H and O–H groups in total. The number of nitrogens with zero attached hydrogens (tertiary/aromatic N) is 4. The lowest BCUT2D eigenvalue weighted by Gasteiger charge is -2.29. The number of carbonyl (C=O) groups is 2. The molecular weight excluding hydrogens is 334 g/mol. The highest BCUT2D eigenvalue weighted by atomic mass is 16.6. The van der Waals surface area contributed by atoms with E-state index in [1.807, 2.05) is 6.07 Å². The average molecular weight is 359 g/mol. The Balaban J connectivity index is 2.18. The number of carbonyl (C=O) groups excluding carboxylic acids is 2. The van der Waals surface area contributed by atoms with Gasteiger partial charge in [0, 0.05) is 44.8 Å². The Morgan fingerprint density at radius 3 is 2.62 bits per heavy atom. The van der Waals surface area contributed by atoms with Crippen LogP contribution >= 0.6 is 0 Å². The number of nitrogens with one attached hydrogen (secondary N) is 1. The van der Waals surface area contributed by atoms with Gasteiger partial charge in [-0.15, -0.1) is 0 Å². The predicted molar refractivity (Wildman–Crippen MR) is 96.0 cm³/mol. The van der Waals surface area contributed by atoms with Gasteiger partial charge in [-0.2, -0.15) is 5.10 Å². The first-order valence-corrected chi connectivity index (χ1v) is 8.28. The highest BCUT2D eigenvalue weighted by molar-refractivity contribution is 5.86. The van der Waals surface area contributed by atoms with Crippen LogP contribution in [0.15, 0.2) is 36.9 Å². The summed E-state index contributed by atoms with van der Waals surface area (Å²) in [4.78, 5) is 30.6. The zero-order valence-corrected chi connectivity index (χ0v) is 15.8. The third-order valence-electron chi connectivity index (χ3n) is 3.55. The highest BCUT2D eigenvalue weighted by Crippen LogP contribution is 2.22. The zero-order chi connectivity index (χ0) is 19.3. The van der Waals surface area contributed by atoms with Gasteiger partial charge in [-0.3, -0.25) is 19.4 Å². The molecule has 0 aliphatic carbocycles. The predicted octanol–water partition coefficient (Wildman–Crippen LogP) is 2.04. The van der Waals surface area contributed by atoms with Crippen molar-refractivity contribution in [2.75, 3.05) is 7.05 Å². The number of aromatic nitrogens is 3. The lowest BCUT2D eigenvalue weighted by atomic mass is 10.1. The van der Waals surface area contributed by atoms with Gasteiger partial charge in [0.1, 0.15) is 11.6 Å². The number of pyridine rings is 1. The SMILES string of the molecule is CN(C(=O)OC(C)(C)C)[C@H](C(=O)NCc1cccnc1)c1cnn(C)c1. The first kappa shape index (κ1) is 19.4. The molecular formula is C18H25N5O3. The maximum atomic E-state index is 12.8. The topological polar surface area (TPSA) is 89.3 Å². The number of hydrogen-bond donors (Lipinski definition) is 1. The van der Waals surface area contributed by atoms with E-state index in [0.29, 0.717) is 12.1 Å². The molecule has 0 unspecified atom stereocenters. The van der Waals surface area contributed by atoms with Crippen molar-refractivity contribution in [2.45, 2.75) is 39.0 Å². The van der Waals surface area contributed by atoms with E-state index in [1.165, 1.54) is 11.9 Å². The van der Waals surface area contributed by atoms with Crippen molar-refractivity contribution in [1.29, 1.82) is 0 Å². The van der Waals surface area contributed by atoms with Crippen molar-refractivity contribution in [3.63, 3.8) is 0 Å². The van der Waals surface area contributed by atoms with Gasteiger partial charge in [-0.1, -0.05) is 6.07 Å². The Kier molecular flexibility index (Phi) is 5.97. The van der Waals surface area contributed by atoms with Crippen LogP contribution in [0.25, 0.3) is 0 Å². The maximum Gasteiger partial charge on any atom is 0.410 e. The van der Waals surface area contributed by atoms with Crippen LogP contribution < -0.4 is 5.32 Å². The Labute approximate surface area is 153 Å². The third-order valence-corrected chi connectivity index (χ3v) is 3.55. The third kappa shape index (κ3) is 5.30. The fourth-order valence-electron chi connectivity index (χ4n) is 2.36. The summed E-state index contributed by atoms with van der Waals surface area (Å²) in [5.74, 6) is -0.324. The molecule has 0 aliphatic rings.